The lowest BCUT2D eigenvalue weighted by Crippen LogP contribution is -2.21. The summed E-state index contributed by atoms with van der Waals surface area (Å²) >= 11 is 0. The van der Waals surface area contributed by atoms with Gasteiger partial charge >= 0.3 is 0 Å². The first-order valence-electron chi connectivity index (χ1n) is 8.72. The van der Waals surface area contributed by atoms with E-state index in [9.17, 15) is 4.79 Å². The van der Waals surface area contributed by atoms with E-state index in [1.807, 2.05) is 0 Å². The van der Waals surface area contributed by atoms with Crippen LogP contribution >= 0.6 is 0 Å². The van der Waals surface area contributed by atoms with E-state index in [1.54, 1.807) is 0 Å². The molecule has 0 radical (unpaired) electrons. The molecule has 0 rings (SSSR count). The zero-order valence-corrected chi connectivity index (χ0v) is 14.3. The highest BCUT2D eigenvalue weighted by molar-refractivity contribution is 5.86. The molecule has 0 aromatic carbocycles. The summed E-state index contributed by atoms with van der Waals surface area (Å²) in [6, 6.07) is 0. The molecule has 1 N–H and O–H groups in total. The van der Waals surface area contributed by atoms with Crippen LogP contribution in [-0.4, -0.2) is 38.0 Å². The molecule has 0 fully saturated rings. The van der Waals surface area contributed by atoms with Crippen LogP contribution in [0.4, 0.5) is 0 Å². The number of amides is 1. The molecule has 21 heavy (non-hydrogen) atoms. The van der Waals surface area contributed by atoms with Crippen LogP contribution in [0.1, 0.15) is 70.6 Å². The molecule has 0 heterocycles. The molecule has 3 nitrogen and oxygen atoms in total. The zero-order valence-electron chi connectivity index (χ0n) is 14.3. The van der Waals surface area contributed by atoms with Gasteiger partial charge in [0.2, 0.25) is 5.91 Å². The van der Waals surface area contributed by atoms with Gasteiger partial charge in [0.25, 0.3) is 0 Å². The summed E-state index contributed by atoms with van der Waals surface area (Å²) in [6.45, 7) is 5.45. The van der Waals surface area contributed by atoms with Crippen molar-refractivity contribution >= 4 is 5.91 Å². The first-order valence-corrected chi connectivity index (χ1v) is 8.72. The Morgan fingerprint density at radius 2 is 1.29 bits per heavy atom. The maximum Gasteiger partial charge on any atom is 0.243 e. The fraction of sp³-hybridized carbons (Fsp3) is 0.833. The summed E-state index contributed by atoms with van der Waals surface area (Å²) in [7, 11) is 4.29. The normalized spacial score (nSPS) is 10.8. The number of carbonyl (C=O) groups excluding carboxylic acids is 1. The smallest absolute Gasteiger partial charge is 0.243 e. The van der Waals surface area contributed by atoms with Crippen molar-refractivity contribution in [1.29, 1.82) is 0 Å². The van der Waals surface area contributed by atoms with Crippen LogP contribution in [-0.2, 0) is 4.79 Å². The topological polar surface area (TPSA) is 32.3 Å². The van der Waals surface area contributed by atoms with Crippen molar-refractivity contribution in [2.24, 2.45) is 0 Å². The van der Waals surface area contributed by atoms with Gasteiger partial charge in [-0.25, -0.2) is 0 Å². The summed E-state index contributed by atoms with van der Waals surface area (Å²) in [5.41, 5.74) is 0. The van der Waals surface area contributed by atoms with E-state index in [0.717, 1.165) is 13.0 Å². The molecule has 0 aliphatic heterocycles. The van der Waals surface area contributed by atoms with E-state index in [1.165, 1.54) is 76.8 Å². The van der Waals surface area contributed by atoms with Gasteiger partial charge in [-0.05, 0) is 39.6 Å². The highest BCUT2D eigenvalue weighted by atomic mass is 16.1. The molecule has 0 aliphatic carbocycles. The third-order valence-electron chi connectivity index (χ3n) is 3.77. The number of hydrogen-bond donors (Lipinski definition) is 1. The zero-order chi connectivity index (χ0) is 15.8. The Bertz CT molecular complexity index is 252. The summed E-state index contributed by atoms with van der Waals surface area (Å²) in [5.74, 6) is -0.0550. The number of hydrogen-bond acceptors (Lipinski definition) is 2. The molecule has 1 amide bonds. The van der Waals surface area contributed by atoms with Gasteiger partial charge in [-0.15, -0.1) is 0 Å². The highest BCUT2D eigenvalue weighted by Gasteiger charge is 1.95. The largest absolute Gasteiger partial charge is 0.353 e. The Balaban J connectivity index is 3.02. The molecule has 0 bridgehead atoms. The third kappa shape index (κ3) is 17.1. The quantitative estimate of drug-likeness (QED) is 0.364. The van der Waals surface area contributed by atoms with Crippen molar-refractivity contribution < 1.29 is 4.79 Å². The van der Waals surface area contributed by atoms with Crippen LogP contribution in [0.15, 0.2) is 12.7 Å². The molecule has 0 aliphatic rings. The Morgan fingerprint density at radius 1 is 0.857 bits per heavy atom. The molecule has 0 saturated carbocycles. The molecular formula is C18H36N2O. The molecule has 0 atom stereocenters. The summed E-state index contributed by atoms with van der Waals surface area (Å²) in [5, 5.41) is 2.81. The second-order valence-corrected chi connectivity index (χ2v) is 6.19. The first-order chi connectivity index (χ1) is 10.2. The van der Waals surface area contributed by atoms with Crippen LogP contribution in [0.3, 0.4) is 0 Å². The van der Waals surface area contributed by atoms with Crippen LogP contribution in [0.2, 0.25) is 0 Å². The van der Waals surface area contributed by atoms with Crippen LogP contribution < -0.4 is 5.32 Å². The molecule has 3 heteroatoms. The second-order valence-electron chi connectivity index (χ2n) is 6.19. The summed E-state index contributed by atoms with van der Waals surface area (Å²) < 4.78 is 0. The maximum atomic E-state index is 10.9. The Kier molecular flexibility index (Phi) is 14.9. The van der Waals surface area contributed by atoms with Gasteiger partial charge in [-0.2, -0.15) is 0 Å². The predicted molar refractivity (Wildman–Crippen MR) is 92.5 cm³/mol. The van der Waals surface area contributed by atoms with E-state index in [2.05, 4.69) is 30.9 Å². The lowest BCUT2D eigenvalue weighted by Gasteiger charge is -2.08. The van der Waals surface area contributed by atoms with Crippen molar-refractivity contribution in [3.63, 3.8) is 0 Å². The number of carbonyl (C=O) groups is 1. The summed E-state index contributed by atoms with van der Waals surface area (Å²) in [6.07, 6.45) is 16.0. The third-order valence-corrected chi connectivity index (χ3v) is 3.77. The first kappa shape index (κ1) is 20.2. The summed E-state index contributed by atoms with van der Waals surface area (Å²) in [4.78, 5) is 13.2. The van der Waals surface area contributed by atoms with Gasteiger partial charge in [0.1, 0.15) is 0 Å². The Hall–Kier alpha value is -0.830. The number of rotatable bonds is 15. The van der Waals surface area contributed by atoms with Crippen molar-refractivity contribution in [3.8, 4) is 0 Å². The molecule has 0 unspecified atom stereocenters. The van der Waals surface area contributed by atoms with Gasteiger partial charge in [0.05, 0.1) is 0 Å². The fourth-order valence-electron chi connectivity index (χ4n) is 2.43. The lowest BCUT2D eigenvalue weighted by molar-refractivity contribution is -0.116. The average Bonchev–Trinajstić information content (AvgIpc) is 2.46. The minimum absolute atomic E-state index is 0.0550. The number of unbranched alkanes of at least 4 members (excludes halogenated alkanes) is 10. The average molecular weight is 296 g/mol. The van der Waals surface area contributed by atoms with Gasteiger partial charge in [0.15, 0.2) is 0 Å². The Labute approximate surface area is 132 Å². The van der Waals surface area contributed by atoms with Gasteiger partial charge in [0, 0.05) is 6.54 Å². The Morgan fingerprint density at radius 3 is 1.71 bits per heavy atom. The lowest BCUT2D eigenvalue weighted by atomic mass is 10.1. The van der Waals surface area contributed by atoms with E-state index in [-0.39, 0.29) is 5.91 Å². The molecular weight excluding hydrogens is 260 g/mol. The van der Waals surface area contributed by atoms with Gasteiger partial charge < -0.3 is 10.2 Å². The van der Waals surface area contributed by atoms with Crippen LogP contribution in [0.5, 0.6) is 0 Å². The molecule has 124 valence electrons. The van der Waals surface area contributed by atoms with Gasteiger partial charge in [-0.3, -0.25) is 4.79 Å². The van der Waals surface area contributed by atoms with Crippen LogP contribution in [0, 0.1) is 0 Å². The molecule has 0 spiro atoms. The standard InChI is InChI=1S/C18H36N2O/c1-4-18(21)19-16-14-12-10-8-6-5-7-9-11-13-15-17-20(2)3/h4H,1,5-17H2,2-3H3,(H,19,21). The maximum absolute atomic E-state index is 10.9. The molecule has 0 aromatic heterocycles. The predicted octanol–water partition coefficient (Wildman–Crippen LogP) is 4.14. The van der Waals surface area contributed by atoms with E-state index in [0.29, 0.717) is 0 Å². The minimum atomic E-state index is -0.0550. The SMILES string of the molecule is C=CC(=O)NCCCCCCCCCCCCCN(C)C. The monoisotopic (exact) mass is 296 g/mol. The number of nitrogens with one attached hydrogen (secondary N) is 1. The highest BCUT2D eigenvalue weighted by Crippen LogP contribution is 2.11. The van der Waals surface area contributed by atoms with Crippen molar-refractivity contribution in [2.45, 2.75) is 70.6 Å². The van der Waals surface area contributed by atoms with Gasteiger partial charge in [-0.1, -0.05) is 64.4 Å². The van der Waals surface area contributed by atoms with Crippen molar-refractivity contribution in [2.75, 3.05) is 27.2 Å². The van der Waals surface area contributed by atoms with E-state index in [4.69, 9.17) is 0 Å². The van der Waals surface area contributed by atoms with Crippen molar-refractivity contribution in [1.82, 2.24) is 10.2 Å². The minimum Gasteiger partial charge on any atom is -0.353 e. The molecule has 0 saturated heterocycles. The van der Waals surface area contributed by atoms with E-state index >= 15 is 0 Å². The van der Waals surface area contributed by atoms with Crippen LogP contribution in [0.25, 0.3) is 0 Å². The van der Waals surface area contributed by atoms with Crippen molar-refractivity contribution in [3.05, 3.63) is 12.7 Å². The second kappa shape index (κ2) is 15.6. The van der Waals surface area contributed by atoms with E-state index < -0.39 is 0 Å². The fourth-order valence-corrected chi connectivity index (χ4v) is 2.43. The molecule has 0 aromatic rings. The number of nitrogens with zero attached hydrogens (tertiary/aromatic N) is 1.